The van der Waals surface area contributed by atoms with Gasteiger partial charge in [0.05, 0.1) is 31.8 Å². The van der Waals surface area contributed by atoms with Crippen molar-refractivity contribution in [3.8, 4) is 5.75 Å². The number of imide groups is 1. The number of ether oxygens (including phenoxy) is 1. The van der Waals surface area contributed by atoms with Crippen molar-refractivity contribution in [1.29, 1.82) is 0 Å². The van der Waals surface area contributed by atoms with Gasteiger partial charge in [0.15, 0.2) is 6.04 Å². The van der Waals surface area contributed by atoms with Crippen LogP contribution in [0.1, 0.15) is 37.3 Å². The summed E-state index contributed by atoms with van der Waals surface area (Å²) in [6.45, 7) is 6.58. The van der Waals surface area contributed by atoms with Crippen LogP contribution in [-0.2, 0) is 16.0 Å². The molecule has 30 heavy (non-hydrogen) atoms. The number of aryl methyl sites for hydroxylation is 1. The molecule has 4 rings (SSSR count). The Hall–Kier alpha value is -2.66. The maximum absolute atomic E-state index is 13.0. The number of carbonyl (C=O) groups excluding carboxylic acids is 2. The highest BCUT2D eigenvalue weighted by atomic mass is 16.5. The Bertz CT molecular complexity index is 884. The minimum atomic E-state index is -0.231. The number of quaternary nitrogens is 1. The number of anilines is 1. The van der Waals surface area contributed by atoms with Crippen LogP contribution in [0, 0.1) is 12.8 Å². The SMILES string of the molecule is CCOc1ccc(CC2CC[NH+]([C@H]3CC(=O)N(c4ccc(C)cc4)C3=O)CC2)cc1. The Balaban J connectivity index is 1.33. The average molecular weight is 408 g/mol. The molecule has 0 bridgehead atoms. The first-order chi connectivity index (χ1) is 14.5. The number of hydrogen-bond donors (Lipinski definition) is 1. The summed E-state index contributed by atoms with van der Waals surface area (Å²) in [6.07, 6.45) is 3.56. The van der Waals surface area contributed by atoms with E-state index in [1.807, 2.05) is 50.2 Å². The van der Waals surface area contributed by atoms with Crippen molar-refractivity contribution in [2.45, 2.75) is 45.6 Å². The summed E-state index contributed by atoms with van der Waals surface area (Å²) in [4.78, 5) is 28.3. The third-order valence-corrected chi connectivity index (χ3v) is 6.44. The second-order valence-corrected chi connectivity index (χ2v) is 8.54. The lowest BCUT2D eigenvalue weighted by atomic mass is 9.89. The first-order valence-electron chi connectivity index (χ1n) is 11.0. The predicted octanol–water partition coefficient (Wildman–Crippen LogP) is 2.56. The minimum Gasteiger partial charge on any atom is -0.494 e. The van der Waals surface area contributed by atoms with Crippen molar-refractivity contribution in [2.24, 2.45) is 5.92 Å². The number of carbonyl (C=O) groups is 2. The van der Waals surface area contributed by atoms with Crippen molar-refractivity contribution in [3.63, 3.8) is 0 Å². The third kappa shape index (κ3) is 4.41. The molecule has 2 aromatic carbocycles. The van der Waals surface area contributed by atoms with Gasteiger partial charge < -0.3 is 9.64 Å². The van der Waals surface area contributed by atoms with Crippen LogP contribution in [0.15, 0.2) is 48.5 Å². The Morgan fingerprint density at radius 1 is 1.00 bits per heavy atom. The van der Waals surface area contributed by atoms with Gasteiger partial charge in [0.25, 0.3) is 5.91 Å². The Labute approximate surface area is 178 Å². The molecule has 0 aromatic heterocycles. The molecule has 0 unspecified atom stereocenters. The minimum absolute atomic E-state index is 0.0381. The van der Waals surface area contributed by atoms with Crippen molar-refractivity contribution in [2.75, 3.05) is 24.6 Å². The number of amides is 2. The van der Waals surface area contributed by atoms with Gasteiger partial charge in [0, 0.05) is 0 Å². The molecule has 2 saturated heterocycles. The topological polar surface area (TPSA) is 51.1 Å². The molecule has 5 nitrogen and oxygen atoms in total. The molecule has 1 atom stereocenters. The van der Waals surface area contributed by atoms with Crippen LogP contribution >= 0.6 is 0 Å². The van der Waals surface area contributed by atoms with E-state index in [0.717, 1.165) is 43.7 Å². The molecule has 5 heteroatoms. The molecule has 2 heterocycles. The zero-order valence-electron chi connectivity index (χ0n) is 17.9. The lowest BCUT2D eigenvalue weighted by Crippen LogP contribution is -3.17. The second kappa shape index (κ2) is 9.00. The van der Waals surface area contributed by atoms with Crippen LogP contribution in [-0.4, -0.2) is 37.6 Å². The summed E-state index contributed by atoms with van der Waals surface area (Å²) in [5.74, 6) is 1.44. The predicted molar refractivity (Wildman–Crippen MR) is 117 cm³/mol. The fraction of sp³-hybridized carbons (Fsp3) is 0.440. The van der Waals surface area contributed by atoms with Gasteiger partial charge in [-0.25, -0.2) is 4.90 Å². The smallest absolute Gasteiger partial charge is 0.292 e. The van der Waals surface area contributed by atoms with Crippen LogP contribution in [0.5, 0.6) is 5.75 Å². The molecule has 2 fully saturated rings. The molecule has 0 saturated carbocycles. The molecule has 2 aliphatic rings. The number of likely N-dealkylation sites (tertiary alicyclic amines) is 1. The fourth-order valence-corrected chi connectivity index (χ4v) is 4.74. The lowest BCUT2D eigenvalue weighted by Gasteiger charge is -2.32. The molecule has 2 amide bonds. The van der Waals surface area contributed by atoms with Gasteiger partial charge in [-0.2, -0.15) is 0 Å². The van der Waals surface area contributed by atoms with Crippen LogP contribution < -0.4 is 14.5 Å². The van der Waals surface area contributed by atoms with E-state index in [2.05, 4.69) is 12.1 Å². The first kappa shape index (κ1) is 20.6. The standard InChI is InChI=1S/C25H30N2O3/c1-3-30-22-10-6-19(7-11-22)16-20-12-14-26(15-13-20)23-17-24(28)27(25(23)29)21-8-4-18(2)5-9-21/h4-11,20,23H,3,12-17H2,1-2H3/p+1/t23-/m0/s1. The fourth-order valence-electron chi connectivity index (χ4n) is 4.74. The molecule has 0 radical (unpaired) electrons. The number of piperidine rings is 1. The summed E-state index contributed by atoms with van der Waals surface area (Å²) < 4.78 is 5.52. The van der Waals surface area contributed by atoms with E-state index in [1.54, 1.807) is 0 Å². The lowest BCUT2D eigenvalue weighted by molar-refractivity contribution is -0.920. The first-order valence-corrected chi connectivity index (χ1v) is 11.0. The van der Waals surface area contributed by atoms with Gasteiger partial charge in [-0.15, -0.1) is 0 Å². The van der Waals surface area contributed by atoms with E-state index < -0.39 is 0 Å². The quantitative estimate of drug-likeness (QED) is 0.749. The molecule has 0 spiro atoms. The molecule has 1 N–H and O–H groups in total. The number of nitrogens with zero attached hydrogens (tertiary/aromatic N) is 1. The normalized spacial score (nSPS) is 24.3. The monoisotopic (exact) mass is 407 g/mol. The van der Waals surface area contributed by atoms with E-state index in [0.29, 0.717) is 24.6 Å². The summed E-state index contributed by atoms with van der Waals surface area (Å²) in [5, 5.41) is 0. The van der Waals surface area contributed by atoms with E-state index in [9.17, 15) is 9.59 Å². The van der Waals surface area contributed by atoms with E-state index in [4.69, 9.17) is 4.74 Å². The maximum Gasteiger partial charge on any atom is 0.292 e. The molecule has 158 valence electrons. The summed E-state index contributed by atoms with van der Waals surface area (Å²) >= 11 is 0. The highest BCUT2D eigenvalue weighted by Gasteiger charge is 2.46. The van der Waals surface area contributed by atoms with E-state index in [1.165, 1.54) is 15.4 Å². The van der Waals surface area contributed by atoms with Crippen molar-refractivity contribution >= 4 is 17.5 Å². The molecule has 0 aliphatic carbocycles. The highest BCUT2D eigenvalue weighted by Crippen LogP contribution is 2.24. The van der Waals surface area contributed by atoms with Gasteiger partial charge in [0.2, 0.25) is 5.91 Å². The maximum atomic E-state index is 13.0. The van der Waals surface area contributed by atoms with E-state index >= 15 is 0 Å². The van der Waals surface area contributed by atoms with Crippen LogP contribution in [0.4, 0.5) is 5.69 Å². The number of hydrogen-bond acceptors (Lipinski definition) is 3. The van der Waals surface area contributed by atoms with Gasteiger partial charge >= 0.3 is 0 Å². The van der Waals surface area contributed by atoms with E-state index in [-0.39, 0.29) is 17.9 Å². The Morgan fingerprint density at radius 3 is 2.30 bits per heavy atom. The largest absolute Gasteiger partial charge is 0.494 e. The van der Waals surface area contributed by atoms with Crippen LogP contribution in [0.2, 0.25) is 0 Å². The van der Waals surface area contributed by atoms with Gasteiger partial charge in [-0.1, -0.05) is 29.8 Å². The summed E-state index contributed by atoms with van der Waals surface area (Å²) in [7, 11) is 0. The van der Waals surface area contributed by atoms with Gasteiger partial charge in [-0.3, -0.25) is 9.59 Å². The van der Waals surface area contributed by atoms with Crippen molar-refractivity contribution < 1.29 is 19.2 Å². The molecule has 2 aliphatic heterocycles. The van der Waals surface area contributed by atoms with Gasteiger partial charge in [-0.05, 0) is 68.9 Å². The van der Waals surface area contributed by atoms with Gasteiger partial charge in [0.1, 0.15) is 5.75 Å². The number of benzene rings is 2. The zero-order chi connectivity index (χ0) is 21.1. The van der Waals surface area contributed by atoms with Crippen molar-refractivity contribution in [3.05, 3.63) is 59.7 Å². The number of rotatable bonds is 6. The number of nitrogens with one attached hydrogen (secondary N) is 1. The Morgan fingerprint density at radius 2 is 1.67 bits per heavy atom. The van der Waals surface area contributed by atoms with Crippen LogP contribution in [0.3, 0.4) is 0 Å². The highest BCUT2D eigenvalue weighted by molar-refractivity contribution is 6.21. The molecular weight excluding hydrogens is 376 g/mol. The third-order valence-electron chi connectivity index (χ3n) is 6.44. The summed E-state index contributed by atoms with van der Waals surface area (Å²) in [6, 6.07) is 15.8. The molecule has 2 aromatic rings. The van der Waals surface area contributed by atoms with Crippen LogP contribution in [0.25, 0.3) is 0 Å². The summed E-state index contributed by atoms with van der Waals surface area (Å²) in [5.41, 5.74) is 3.15. The average Bonchev–Trinajstić information content (AvgIpc) is 3.05. The second-order valence-electron chi connectivity index (χ2n) is 8.54. The molecular formula is C25H31N2O3+. The Kier molecular flexibility index (Phi) is 6.18. The zero-order valence-corrected chi connectivity index (χ0v) is 17.9. The van der Waals surface area contributed by atoms with Crippen molar-refractivity contribution in [1.82, 2.24) is 0 Å².